The fourth-order valence-electron chi connectivity index (χ4n) is 2.02. The van der Waals surface area contributed by atoms with Crippen molar-refractivity contribution < 1.29 is 9.13 Å². The third-order valence-electron chi connectivity index (χ3n) is 3.33. The lowest BCUT2D eigenvalue weighted by Crippen LogP contribution is -2.16. The Morgan fingerprint density at radius 1 is 1.24 bits per heavy atom. The monoisotopic (exact) mass is 369 g/mol. The van der Waals surface area contributed by atoms with Crippen molar-refractivity contribution in [3.63, 3.8) is 0 Å². The summed E-state index contributed by atoms with van der Waals surface area (Å²) in [7, 11) is 0. The molecule has 1 saturated carbocycles. The number of halogens is 3. The molecule has 110 valence electrons. The average Bonchev–Trinajstić information content (AvgIpc) is 3.25. The Bertz CT molecular complexity index is 661. The maximum atomic E-state index is 14.0. The molecule has 1 aliphatic rings. The van der Waals surface area contributed by atoms with Crippen LogP contribution in [0.4, 0.5) is 4.39 Å². The van der Waals surface area contributed by atoms with E-state index < -0.39 is 0 Å². The van der Waals surface area contributed by atoms with Gasteiger partial charge in [-0.1, -0.05) is 33.6 Å². The summed E-state index contributed by atoms with van der Waals surface area (Å²) in [5.41, 5.74) is 0.531. The Hall–Kier alpha value is -1.10. The van der Waals surface area contributed by atoms with Gasteiger partial charge in [-0.3, -0.25) is 0 Å². The van der Waals surface area contributed by atoms with E-state index in [9.17, 15) is 4.39 Å². The molecule has 0 bridgehead atoms. The molecule has 2 aromatic rings. The molecule has 0 saturated heterocycles. The zero-order chi connectivity index (χ0) is 14.8. The molecule has 0 aromatic heterocycles. The van der Waals surface area contributed by atoms with Gasteiger partial charge in [0, 0.05) is 22.6 Å². The Labute approximate surface area is 136 Å². The molecular weight excluding hydrogens is 357 g/mol. The van der Waals surface area contributed by atoms with Crippen LogP contribution in [0.25, 0.3) is 0 Å². The first kappa shape index (κ1) is 14.8. The molecule has 0 unspecified atom stereocenters. The number of hydrogen-bond donors (Lipinski definition) is 1. The minimum Gasteiger partial charge on any atom is -0.455 e. The number of benzene rings is 2. The topological polar surface area (TPSA) is 21.3 Å². The van der Waals surface area contributed by atoms with E-state index >= 15 is 0 Å². The first-order valence-electron chi connectivity index (χ1n) is 6.77. The summed E-state index contributed by atoms with van der Waals surface area (Å²) in [5.74, 6) is 0.736. The quantitative estimate of drug-likeness (QED) is 0.772. The molecule has 1 N–H and O–H groups in total. The second-order valence-corrected chi connectivity index (χ2v) is 6.37. The minimum absolute atomic E-state index is 0.270. The van der Waals surface area contributed by atoms with E-state index in [1.165, 1.54) is 6.07 Å². The molecule has 0 heterocycles. The van der Waals surface area contributed by atoms with E-state index in [1.54, 1.807) is 24.3 Å². The van der Waals surface area contributed by atoms with Gasteiger partial charge in [0.2, 0.25) is 0 Å². The van der Waals surface area contributed by atoms with Crippen LogP contribution < -0.4 is 10.1 Å². The van der Waals surface area contributed by atoms with Crippen molar-refractivity contribution in [3.05, 3.63) is 57.3 Å². The van der Waals surface area contributed by atoms with Crippen molar-refractivity contribution in [2.45, 2.75) is 25.4 Å². The normalized spacial score (nSPS) is 14.2. The molecular formula is C16H14BrClFNO. The van der Waals surface area contributed by atoms with Crippen LogP contribution in [0.5, 0.6) is 11.5 Å². The van der Waals surface area contributed by atoms with Crippen molar-refractivity contribution in [1.29, 1.82) is 0 Å². The molecule has 0 radical (unpaired) electrons. The fourth-order valence-corrected chi connectivity index (χ4v) is 2.73. The van der Waals surface area contributed by atoms with Gasteiger partial charge < -0.3 is 10.1 Å². The third-order valence-corrected chi connectivity index (χ3v) is 4.12. The molecule has 0 aliphatic heterocycles. The Kier molecular flexibility index (Phi) is 4.48. The Morgan fingerprint density at radius 3 is 2.76 bits per heavy atom. The molecule has 3 rings (SSSR count). The van der Waals surface area contributed by atoms with Crippen LogP contribution in [0.15, 0.2) is 40.9 Å². The fraction of sp³-hybridized carbons (Fsp3) is 0.250. The van der Waals surface area contributed by atoms with Gasteiger partial charge in [-0.25, -0.2) is 4.39 Å². The van der Waals surface area contributed by atoms with Crippen molar-refractivity contribution in [1.82, 2.24) is 5.32 Å². The highest BCUT2D eigenvalue weighted by atomic mass is 79.9. The van der Waals surface area contributed by atoms with Gasteiger partial charge in [-0.05, 0) is 43.2 Å². The van der Waals surface area contributed by atoms with E-state index in [0.717, 1.165) is 17.3 Å². The third kappa shape index (κ3) is 3.76. The zero-order valence-electron chi connectivity index (χ0n) is 11.2. The SMILES string of the molecule is Fc1cccc(Oc2ccc(Br)cc2Cl)c1CNC1CC1. The molecule has 21 heavy (non-hydrogen) atoms. The van der Waals surface area contributed by atoms with E-state index in [0.29, 0.717) is 34.7 Å². The maximum Gasteiger partial charge on any atom is 0.146 e. The second-order valence-electron chi connectivity index (χ2n) is 5.05. The highest BCUT2D eigenvalue weighted by Crippen LogP contribution is 2.34. The first-order chi connectivity index (χ1) is 10.1. The lowest BCUT2D eigenvalue weighted by Gasteiger charge is -2.13. The standard InChI is InChI=1S/C16H14BrClFNO/c17-10-4-7-16(13(18)8-10)21-15-3-1-2-14(19)12(15)9-20-11-5-6-11/h1-4,7-8,11,20H,5-6,9H2. The van der Waals surface area contributed by atoms with Crippen molar-refractivity contribution in [2.75, 3.05) is 0 Å². The van der Waals surface area contributed by atoms with Crippen LogP contribution in [-0.4, -0.2) is 6.04 Å². The summed E-state index contributed by atoms with van der Waals surface area (Å²) in [6, 6.07) is 10.7. The summed E-state index contributed by atoms with van der Waals surface area (Å²) in [5, 5.41) is 3.78. The molecule has 1 fully saturated rings. The lowest BCUT2D eigenvalue weighted by molar-refractivity contribution is 0.462. The molecule has 2 aromatic carbocycles. The molecule has 1 aliphatic carbocycles. The van der Waals surface area contributed by atoms with Crippen molar-refractivity contribution in [3.8, 4) is 11.5 Å². The first-order valence-corrected chi connectivity index (χ1v) is 7.94. The van der Waals surface area contributed by atoms with Crippen LogP contribution in [-0.2, 0) is 6.54 Å². The second kappa shape index (κ2) is 6.34. The van der Waals surface area contributed by atoms with Crippen LogP contribution >= 0.6 is 27.5 Å². The molecule has 2 nitrogen and oxygen atoms in total. The predicted molar refractivity (Wildman–Crippen MR) is 85.5 cm³/mol. The summed E-state index contributed by atoms with van der Waals surface area (Å²) < 4.78 is 20.7. The highest BCUT2D eigenvalue weighted by Gasteiger charge is 2.22. The number of ether oxygens (including phenoxy) is 1. The lowest BCUT2D eigenvalue weighted by atomic mass is 10.2. The molecule has 5 heteroatoms. The number of rotatable bonds is 5. The van der Waals surface area contributed by atoms with E-state index in [-0.39, 0.29) is 5.82 Å². The largest absolute Gasteiger partial charge is 0.455 e. The molecule has 0 atom stereocenters. The van der Waals surface area contributed by atoms with Crippen LogP contribution in [0, 0.1) is 5.82 Å². The maximum absolute atomic E-state index is 14.0. The van der Waals surface area contributed by atoms with Gasteiger partial charge in [0.05, 0.1) is 5.02 Å². The summed E-state index contributed by atoms with van der Waals surface area (Å²) in [4.78, 5) is 0. The van der Waals surface area contributed by atoms with Gasteiger partial charge in [0.25, 0.3) is 0 Å². The predicted octanol–water partition coefficient (Wildman–Crippen LogP) is 5.29. The summed E-state index contributed by atoms with van der Waals surface area (Å²) in [6.45, 7) is 0.459. The Morgan fingerprint density at radius 2 is 2.05 bits per heavy atom. The van der Waals surface area contributed by atoms with Crippen LogP contribution in [0.1, 0.15) is 18.4 Å². The Balaban J connectivity index is 1.84. The van der Waals surface area contributed by atoms with Crippen molar-refractivity contribution >= 4 is 27.5 Å². The minimum atomic E-state index is -0.270. The van der Waals surface area contributed by atoms with E-state index in [1.807, 2.05) is 6.07 Å². The summed E-state index contributed by atoms with van der Waals surface area (Å²) in [6.07, 6.45) is 2.31. The van der Waals surface area contributed by atoms with Crippen LogP contribution in [0.3, 0.4) is 0 Å². The molecule has 0 amide bonds. The summed E-state index contributed by atoms with van der Waals surface area (Å²) >= 11 is 9.49. The molecule has 0 spiro atoms. The van der Waals surface area contributed by atoms with E-state index in [2.05, 4.69) is 21.2 Å². The highest BCUT2D eigenvalue weighted by molar-refractivity contribution is 9.10. The van der Waals surface area contributed by atoms with Crippen LogP contribution in [0.2, 0.25) is 5.02 Å². The van der Waals surface area contributed by atoms with Gasteiger partial charge in [0.15, 0.2) is 0 Å². The van der Waals surface area contributed by atoms with Gasteiger partial charge in [-0.15, -0.1) is 0 Å². The smallest absolute Gasteiger partial charge is 0.146 e. The number of nitrogens with one attached hydrogen (secondary N) is 1. The zero-order valence-corrected chi connectivity index (χ0v) is 13.5. The van der Waals surface area contributed by atoms with E-state index in [4.69, 9.17) is 16.3 Å². The number of hydrogen-bond acceptors (Lipinski definition) is 2. The van der Waals surface area contributed by atoms with Gasteiger partial charge in [-0.2, -0.15) is 0 Å². The van der Waals surface area contributed by atoms with Gasteiger partial charge >= 0.3 is 0 Å². The van der Waals surface area contributed by atoms with Crippen molar-refractivity contribution in [2.24, 2.45) is 0 Å². The van der Waals surface area contributed by atoms with Gasteiger partial charge in [0.1, 0.15) is 17.3 Å². The average molecular weight is 371 g/mol.